The third-order valence-corrected chi connectivity index (χ3v) is 3.30. The molecule has 0 unspecified atom stereocenters. The Morgan fingerprint density at radius 3 is 2.33 bits per heavy atom. The largest absolute Gasteiger partial charge is 0.334 e. The molecule has 0 saturated carbocycles. The van der Waals surface area contributed by atoms with E-state index in [9.17, 15) is 4.79 Å². The standard InChI is InChI=1S/C18H16N2O/c21-18(19-13-14-6-2-1-3-7-14)20-17-11-10-15-8-4-5-9-16(15)12-17/h1-12H,13H2,(H2,19,20,21). The van der Waals surface area contributed by atoms with Crippen LogP contribution in [-0.2, 0) is 6.54 Å². The number of hydrogen-bond donors (Lipinski definition) is 2. The van der Waals surface area contributed by atoms with E-state index in [-0.39, 0.29) is 6.03 Å². The van der Waals surface area contributed by atoms with Gasteiger partial charge in [-0.3, -0.25) is 0 Å². The molecular formula is C18H16N2O. The molecule has 0 aliphatic heterocycles. The van der Waals surface area contributed by atoms with Crippen molar-refractivity contribution in [2.24, 2.45) is 0 Å². The first kappa shape index (κ1) is 13.2. The van der Waals surface area contributed by atoms with E-state index in [1.807, 2.05) is 66.7 Å². The molecule has 0 atom stereocenters. The second-order valence-electron chi connectivity index (χ2n) is 4.86. The predicted molar refractivity (Wildman–Crippen MR) is 86.2 cm³/mol. The third kappa shape index (κ3) is 3.39. The second-order valence-corrected chi connectivity index (χ2v) is 4.86. The third-order valence-electron chi connectivity index (χ3n) is 3.30. The van der Waals surface area contributed by atoms with E-state index in [4.69, 9.17) is 0 Å². The van der Waals surface area contributed by atoms with Gasteiger partial charge in [0.15, 0.2) is 0 Å². The summed E-state index contributed by atoms with van der Waals surface area (Å²) in [6, 6.07) is 23.6. The van der Waals surface area contributed by atoms with Crippen molar-refractivity contribution in [2.45, 2.75) is 6.54 Å². The molecule has 0 aliphatic carbocycles. The number of hydrogen-bond acceptors (Lipinski definition) is 1. The van der Waals surface area contributed by atoms with Crippen LogP contribution in [0.3, 0.4) is 0 Å². The SMILES string of the molecule is O=C(NCc1ccccc1)Nc1ccc2ccccc2c1. The minimum Gasteiger partial charge on any atom is -0.334 e. The molecule has 0 spiro atoms. The van der Waals surface area contributed by atoms with Gasteiger partial charge in [-0.1, -0.05) is 60.7 Å². The molecule has 0 aromatic heterocycles. The van der Waals surface area contributed by atoms with E-state index < -0.39 is 0 Å². The number of carbonyl (C=O) groups is 1. The lowest BCUT2D eigenvalue weighted by Gasteiger charge is -2.08. The van der Waals surface area contributed by atoms with Crippen LogP contribution in [0.5, 0.6) is 0 Å². The second kappa shape index (κ2) is 6.09. The minimum absolute atomic E-state index is 0.200. The fourth-order valence-corrected chi connectivity index (χ4v) is 2.22. The highest BCUT2D eigenvalue weighted by atomic mass is 16.2. The van der Waals surface area contributed by atoms with Crippen LogP contribution in [0.2, 0.25) is 0 Å². The molecule has 0 radical (unpaired) electrons. The van der Waals surface area contributed by atoms with Crippen molar-refractivity contribution in [1.82, 2.24) is 5.32 Å². The van der Waals surface area contributed by atoms with Gasteiger partial charge in [0, 0.05) is 12.2 Å². The molecule has 0 saturated heterocycles. The van der Waals surface area contributed by atoms with Gasteiger partial charge in [0.05, 0.1) is 0 Å². The number of benzene rings is 3. The molecule has 21 heavy (non-hydrogen) atoms. The molecule has 0 fully saturated rings. The lowest BCUT2D eigenvalue weighted by Crippen LogP contribution is -2.28. The number of nitrogens with one attached hydrogen (secondary N) is 2. The predicted octanol–water partition coefficient (Wildman–Crippen LogP) is 4.16. The van der Waals surface area contributed by atoms with Crippen molar-refractivity contribution >= 4 is 22.5 Å². The van der Waals surface area contributed by atoms with Gasteiger partial charge < -0.3 is 10.6 Å². The molecule has 2 amide bonds. The van der Waals surface area contributed by atoms with Crippen molar-refractivity contribution in [3.05, 3.63) is 78.4 Å². The van der Waals surface area contributed by atoms with Crippen molar-refractivity contribution < 1.29 is 4.79 Å². The Bertz CT molecular complexity index is 753. The molecule has 0 bridgehead atoms. The fraction of sp³-hybridized carbons (Fsp3) is 0.0556. The summed E-state index contributed by atoms with van der Waals surface area (Å²) in [4.78, 5) is 11.9. The summed E-state index contributed by atoms with van der Waals surface area (Å²) in [6.45, 7) is 0.514. The number of carbonyl (C=O) groups excluding carboxylic acids is 1. The molecule has 3 aromatic rings. The monoisotopic (exact) mass is 276 g/mol. The molecule has 2 N–H and O–H groups in total. The van der Waals surface area contributed by atoms with Crippen LogP contribution in [0.25, 0.3) is 10.8 Å². The van der Waals surface area contributed by atoms with E-state index >= 15 is 0 Å². The number of rotatable bonds is 3. The van der Waals surface area contributed by atoms with Crippen LogP contribution in [0.4, 0.5) is 10.5 Å². The first-order valence-corrected chi connectivity index (χ1v) is 6.89. The number of anilines is 1. The highest BCUT2D eigenvalue weighted by Gasteiger charge is 2.02. The summed E-state index contributed by atoms with van der Waals surface area (Å²) in [6.07, 6.45) is 0. The Kier molecular flexibility index (Phi) is 3.83. The van der Waals surface area contributed by atoms with Gasteiger partial charge in [0.25, 0.3) is 0 Å². The van der Waals surface area contributed by atoms with Crippen LogP contribution in [0.1, 0.15) is 5.56 Å². The molecule has 104 valence electrons. The highest BCUT2D eigenvalue weighted by molar-refractivity contribution is 5.93. The summed E-state index contributed by atoms with van der Waals surface area (Å²) in [7, 11) is 0. The van der Waals surface area contributed by atoms with Crippen LogP contribution in [-0.4, -0.2) is 6.03 Å². The van der Waals surface area contributed by atoms with Crippen LogP contribution in [0, 0.1) is 0 Å². The smallest absolute Gasteiger partial charge is 0.319 e. The van der Waals surface area contributed by atoms with Crippen LogP contribution < -0.4 is 10.6 Å². The van der Waals surface area contributed by atoms with Gasteiger partial charge in [-0.05, 0) is 28.5 Å². The van der Waals surface area contributed by atoms with E-state index in [2.05, 4.69) is 16.7 Å². The summed E-state index contributed by atoms with van der Waals surface area (Å²) in [5, 5.41) is 7.97. The summed E-state index contributed by atoms with van der Waals surface area (Å²) >= 11 is 0. The van der Waals surface area contributed by atoms with E-state index in [0.29, 0.717) is 6.54 Å². The molecule has 0 heterocycles. The van der Waals surface area contributed by atoms with Gasteiger partial charge in [-0.2, -0.15) is 0 Å². The summed E-state index contributed by atoms with van der Waals surface area (Å²) in [5.41, 5.74) is 1.87. The van der Waals surface area contributed by atoms with E-state index in [1.165, 1.54) is 0 Å². The number of fused-ring (bicyclic) bond motifs is 1. The molecular weight excluding hydrogens is 260 g/mol. The Morgan fingerprint density at radius 2 is 1.52 bits per heavy atom. The first-order valence-electron chi connectivity index (χ1n) is 6.89. The number of urea groups is 1. The molecule has 0 aliphatic rings. The van der Waals surface area contributed by atoms with E-state index in [0.717, 1.165) is 22.0 Å². The first-order chi connectivity index (χ1) is 10.3. The Balaban J connectivity index is 1.63. The number of amides is 2. The van der Waals surface area contributed by atoms with Crippen molar-refractivity contribution in [1.29, 1.82) is 0 Å². The zero-order valence-corrected chi connectivity index (χ0v) is 11.5. The maximum absolute atomic E-state index is 11.9. The van der Waals surface area contributed by atoms with Crippen molar-refractivity contribution in [3.8, 4) is 0 Å². The molecule has 3 heteroatoms. The lowest BCUT2D eigenvalue weighted by molar-refractivity contribution is 0.251. The molecule has 3 rings (SSSR count). The van der Waals surface area contributed by atoms with Crippen LogP contribution in [0.15, 0.2) is 72.8 Å². The van der Waals surface area contributed by atoms with Gasteiger partial charge in [-0.15, -0.1) is 0 Å². The molecule has 3 nitrogen and oxygen atoms in total. The van der Waals surface area contributed by atoms with Gasteiger partial charge in [0.2, 0.25) is 0 Å². The minimum atomic E-state index is -0.200. The topological polar surface area (TPSA) is 41.1 Å². The normalized spacial score (nSPS) is 10.3. The van der Waals surface area contributed by atoms with Crippen molar-refractivity contribution in [3.63, 3.8) is 0 Å². The zero-order chi connectivity index (χ0) is 14.5. The Morgan fingerprint density at radius 1 is 0.810 bits per heavy atom. The maximum Gasteiger partial charge on any atom is 0.319 e. The maximum atomic E-state index is 11.9. The average molecular weight is 276 g/mol. The lowest BCUT2D eigenvalue weighted by atomic mass is 10.1. The van der Waals surface area contributed by atoms with Gasteiger partial charge >= 0.3 is 6.03 Å². The Hall–Kier alpha value is -2.81. The van der Waals surface area contributed by atoms with Gasteiger partial charge in [0.1, 0.15) is 0 Å². The van der Waals surface area contributed by atoms with Crippen LogP contribution >= 0.6 is 0 Å². The Labute approximate surface area is 123 Å². The van der Waals surface area contributed by atoms with Gasteiger partial charge in [-0.25, -0.2) is 4.79 Å². The quantitative estimate of drug-likeness (QED) is 0.741. The van der Waals surface area contributed by atoms with E-state index in [1.54, 1.807) is 0 Å². The zero-order valence-electron chi connectivity index (χ0n) is 11.5. The van der Waals surface area contributed by atoms with Crippen molar-refractivity contribution in [2.75, 3.05) is 5.32 Å². The molecule has 3 aromatic carbocycles. The summed E-state index contributed by atoms with van der Waals surface area (Å²) < 4.78 is 0. The fourth-order valence-electron chi connectivity index (χ4n) is 2.22. The highest BCUT2D eigenvalue weighted by Crippen LogP contribution is 2.18. The average Bonchev–Trinajstić information content (AvgIpc) is 2.54. The summed E-state index contributed by atoms with van der Waals surface area (Å²) in [5.74, 6) is 0.